The molecule has 0 radical (unpaired) electrons. The molecule has 0 bridgehead atoms. The quantitative estimate of drug-likeness (QED) is 0.779. The molecule has 1 aliphatic carbocycles. The van der Waals surface area contributed by atoms with Crippen molar-refractivity contribution in [3.8, 4) is 5.75 Å². The van der Waals surface area contributed by atoms with Gasteiger partial charge in [-0.3, -0.25) is 4.90 Å². The number of hydrogen-bond donors (Lipinski definition) is 1. The van der Waals surface area contributed by atoms with Gasteiger partial charge in [-0.2, -0.15) is 0 Å². The van der Waals surface area contributed by atoms with Gasteiger partial charge in [0.25, 0.3) is 0 Å². The minimum atomic E-state index is 0.402. The maximum Gasteiger partial charge on any atom is 0.118 e. The Hall–Kier alpha value is -1.36. The summed E-state index contributed by atoms with van der Waals surface area (Å²) in [5.74, 6) is 1.71. The molecular weight excluding hydrogens is 300 g/mol. The van der Waals surface area contributed by atoms with Crippen LogP contribution in [0.5, 0.6) is 5.75 Å². The lowest BCUT2D eigenvalue weighted by Crippen LogP contribution is -2.43. The van der Waals surface area contributed by atoms with E-state index in [1.165, 1.54) is 24.8 Å². The van der Waals surface area contributed by atoms with E-state index in [9.17, 15) is 0 Å². The maximum atomic E-state index is 5.53. The summed E-state index contributed by atoms with van der Waals surface area (Å²) in [5.41, 5.74) is 1.36. The van der Waals surface area contributed by atoms with E-state index in [0.29, 0.717) is 6.04 Å². The second-order valence-electron chi connectivity index (χ2n) is 6.75. The zero-order chi connectivity index (χ0) is 16.6. The van der Waals surface area contributed by atoms with Crippen LogP contribution >= 0.6 is 0 Å². The predicted octanol–water partition coefficient (Wildman–Crippen LogP) is 3.01. The molecule has 4 heteroatoms. The van der Waals surface area contributed by atoms with Crippen LogP contribution in [0.4, 0.5) is 0 Å². The van der Waals surface area contributed by atoms with Gasteiger partial charge >= 0.3 is 0 Å². The van der Waals surface area contributed by atoms with Crippen LogP contribution in [-0.4, -0.2) is 51.4 Å². The van der Waals surface area contributed by atoms with Crippen molar-refractivity contribution in [2.45, 2.75) is 25.3 Å². The Morgan fingerprint density at radius 1 is 1.21 bits per heavy atom. The summed E-state index contributed by atoms with van der Waals surface area (Å²) >= 11 is 0. The summed E-state index contributed by atoms with van der Waals surface area (Å²) < 4.78 is 10.8. The Morgan fingerprint density at radius 2 is 2.00 bits per heavy atom. The van der Waals surface area contributed by atoms with Crippen molar-refractivity contribution in [2.24, 2.45) is 5.92 Å². The molecule has 0 amide bonds. The number of ether oxygens (including phenoxy) is 2. The number of methoxy groups -OCH3 is 1. The molecule has 0 saturated carbocycles. The standard InChI is InChI=1S/C20H30N2O2/c1-23-19-9-7-18(8-10-19)20(22-11-13-24-14-12-22)16-21-15-17-5-3-2-4-6-17/h2-3,7-10,17,20-21H,4-6,11-16H2,1H3/t17-,20-/m0/s1. The van der Waals surface area contributed by atoms with Crippen LogP contribution < -0.4 is 10.1 Å². The Balaban J connectivity index is 1.61. The van der Waals surface area contributed by atoms with Crippen LogP contribution in [-0.2, 0) is 4.74 Å². The minimum absolute atomic E-state index is 0.402. The molecule has 24 heavy (non-hydrogen) atoms. The van der Waals surface area contributed by atoms with Crippen LogP contribution in [0, 0.1) is 5.92 Å². The fraction of sp³-hybridized carbons (Fsp3) is 0.600. The molecule has 3 rings (SSSR count). The third kappa shape index (κ3) is 4.82. The Morgan fingerprint density at radius 3 is 2.67 bits per heavy atom. The Bertz CT molecular complexity index is 509. The number of hydrogen-bond acceptors (Lipinski definition) is 4. The third-order valence-electron chi connectivity index (χ3n) is 5.14. The predicted molar refractivity (Wildman–Crippen MR) is 97.5 cm³/mol. The van der Waals surface area contributed by atoms with Crippen molar-refractivity contribution >= 4 is 0 Å². The van der Waals surface area contributed by atoms with Gasteiger partial charge in [-0.25, -0.2) is 0 Å². The van der Waals surface area contributed by atoms with Crippen LogP contribution in [0.25, 0.3) is 0 Å². The first-order valence-corrected chi connectivity index (χ1v) is 9.18. The third-order valence-corrected chi connectivity index (χ3v) is 5.14. The lowest BCUT2D eigenvalue weighted by Gasteiger charge is -2.35. The van der Waals surface area contributed by atoms with E-state index in [4.69, 9.17) is 9.47 Å². The first-order valence-electron chi connectivity index (χ1n) is 9.18. The molecule has 132 valence electrons. The Labute approximate surface area is 145 Å². The first kappa shape index (κ1) is 17.5. The summed E-state index contributed by atoms with van der Waals surface area (Å²) in [6.45, 7) is 5.78. The van der Waals surface area contributed by atoms with Gasteiger partial charge in [0.2, 0.25) is 0 Å². The first-order chi connectivity index (χ1) is 11.9. The fourth-order valence-electron chi connectivity index (χ4n) is 3.64. The van der Waals surface area contributed by atoms with Crippen molar-refractivity contribution in [1.82, 2.24) is 10.2 Å². The van der Waals surface area contributed by atoms with Crippen molar-refractivity contribution in [3.63, 3.8) is 0 Å². The van der Waals surface area contributed by atoms with Crippen molar-refractivity contribution in [3.05, 3.63) is 42.0 Å². The van der Waals surface area contributed by atoms with Gasteiger partial charge in [0.15, 0.2) is 0 Å². The number of benzene rings is 1. The molecule has 1 aromatic carbocycles. The highest BCUT2D eigenvalue weighted by atomic mass is 16.5. The Kier molecular flexibility index (Phi) is 6.70. The van der Waals surface area contributed by atoms with E-state index in [2.05, 4.69) is 46.6 Å². The van der Waals surface area contributed by atoms with Crippen molar-refractivity contribution < 1.29 is 9.47 Å². The summed E-state index contributed by atoms with van der Waals surface area (Å²) in [7, 11) is 1.72. The van der Waals surface area contributed by atoms with E-state index in [0.717, 1.165) is 51.1 Å². The van der Waals surface area contributed by atoms with Gasteiger partial charge < -0.3 is 14.8 Å². The molecule has 1 aliphatic heterocycles. The van der Waals surface area contributed by atoms with E-state index < -0.39 is 0 Å². The van der Waals surface area contributed by atoms with Crippen molar-refractivity contribution in [1.29, 1.82) is 0 Å². The average molecular weight is 330 g/mol. The highest BCUT2D eigenvalue weighted by molar-refractivity contribution is 5.29. The van der Waals surface area contributed by atoms with E-state index in [1.807, 2.05) is 0 Å². The maximum absolute atomic E-state index is 5.53. The zero-order valence-corrected chi connectivity index (χ0v) is 14.7. The molecule has 1 saturated heterocycles. The molecule has 0 spiro atoms. The van der Waals surface area contributed by atoms with Gasteiger partial charge in [-0.05, 0) is 49.4 Å². The molecular formula is C20H30N2O2. The number of morpholine rings is 1. The summed E-state index contributed by atoms with van der Waals surface area (Å²) in [4.78, 5) is 2.54. The van der Waals surface area contributed by atoms with E-state index >= 15 is 0 Å². The molecule has 2 atom stereocenters. The van der Waals surface area contributed by atoms with E-state index in [-0.39, 0.29) is 0 Å². The lowest BCUT2D eigenvalue weighted by molar-refractivity contribution is 0.0160. The molecule has 1 heterocycles. The molecule has 1 N–H and O–H groups in total. The number of allylic oxidation sites excluding steroid dienone is 2. The smallest absolute Gasteiger partial charge is 0.118 e. The second kappa shape index (κ2) is 9.21. The van der Waals surface area contributed by atoms with Crippen LogP contribution in [0.2, 0.25) is 0 Å². The van der Waals surface area contributed by atoms with E-state index in [1.54, 1.807) is 7.11 Å². The normalized spacial score (nSPS) is 23.1. The molecule has 0 aromatic heterocycles. The van der Waals surface area contributed by atoms with Crippen molar-refractivity contribution in [2.75, 3.05) is 46.5 Å². The van der Waals surface area contributed by atoms with Crippen LogP contribution in [0.1, 0.15) is 30.9 Å². The second-order valence-corrected chi connectivity index (χ2v) is 6.75. The largest absolute Gasteiger partial charge is 0.497 e. The van der Waals surface area contributed by atoms with Gasteiger partial charge in [0, 0.05) is 25.7 Å². The van der Waals surface area contributed by atoms with Gasteiger partial charge in [-0.1, -0.05) is 24.3 Å². The minimum Gasteiger partial charge on any atom is -0.497 e. The molecule has 2 aliphatic rings. The highest BCUT2D eigenvalue weighted by Crippen LogP contribution is 2.24. The number of nitrogens with zero attached hydrogens (tertiary/aromatic N) is 1. The highest BCUT2D eigenvalue weighted by Gasteiger charge is 2.23. The molecule has 4 nitrogen and oxygen atoms in total. The number of nitrogens with one attached hydrogen (secondary N) is 1. The van der Waals surface area contributed by atoms with Crippen LogP contribution in [0.3, 0.4) is 0 Å². The summed E-state index contributed by atoms with van der Waals surface area (Å²) in [5, 5.41) is 3.73. The number of rotatable bonds is 7. The summed E-state index contributed by atoms with van der Waals surface area (Å²) in [6.07, 6.45) is 8.41. The monoisotopic (exact) mass is 330 g/mol. The fourth-order valence-corrected chi connectivity index (χ4v) is 3.64. The van der Waals surface area contributed by atoms with Gasteiger partial charge in [0.05, 0.1) is 20.3 Å². The molecule has 1 aromatic rings. The average Bonchev–Trinajstić information content (AvgIpc) is 2.67. The van der Waals surface area contributed by atoms with Crippen LogP contribution in [0.15, 0.2) is 36.4 Å². The lowest BCUT2D eigenvalue weighted by atomic mass is 9.94. The summed E-state index contributed by atoms with van der Waals surface area (Å²) in [6, 6.07) is 8.93. The molecule has 1 fully saturated rings. The van der Waals surface area contributed by atoms with Gasteiger partial charge in [-0.15, -0.1) is 0 Å². The zero-order valence-electron chi connectivity index (χ0n) is 14.7. The molecule has 0 unspecified atom stereocenters. The SMILES string of the molecule is COc1ccc([C@H](CNC[C@H]2CC=CCC2)N2CCOCC2)cc1. The van der Waals surface area contributed by atoms with Gasteiger partial charge in [0.1, 0.15) is 5.75 Å². The topological polar surface area (TPSA) is 33.7 Å².